The number of nitrogens with zero attached hydrogens (tertiary/aromatic N) is 1. The van der Waals surface area contributed by atoms with Crippen LogP contribution in [0.4, 0.5) is 5.69 Å². The maximum absolute atomic E-state index is 13.3. The Labute approximate surface area is 197 Å². The van der Waals surface area contributed by atoms with Crippen LogP contribution in [-0.2, 0) is 21.2 Å². The highest BCUT2D eigenvalue weighted by atomic mass is 127. The summed E-state index contributed by atoms with van der Waals surface area (Å²) in [5.74, 6) is -0.370. The second-order valence-electron chi connectivity index (χ2n) is 7.19. The Bertz CT molecular complexity index is 1120. The number of nitrogens with one attached hydrogen (secondary N) is 1. The molecule has 0 heterocycles. The molecule has 1 amide bonds. The van der Waals surface area contributed by atoms with E-state index >= 15 is 0 Å². The van der Waals surface area contributed by atoms with Crippen LogP contribution in [-0.4, -0.2) is 20.9 Å². The Kier molecular flexibility index (Phi) is 7.72. The molecule has 0 aliphatic heterocycles. The highest BCUT2D eigenvalue weighted by Crippen LogP contribution is 2.24. The Morgan fingerprint density at radius 1 is 0.968 bits per heavy atom. The van der Waals surface area contributed by atoms with E-state index in [2.05, 4.69) is 34.8 Å². The lowest BCUT2D eigenvalue weighted by molar-refractivity contribution is -0.120. The van der Waals surface area contributed by atoms with Crippen molar-refractivity contribution in [1.82, 2.24) is 5.32 Å². The Morgan fingerprint density at radius 2 is 1.58 bits per heavy atom. The number of carbonyl (C=O) groups excluding carboxylic acids is 1. The zero-order chi connectivity index (χ0) is 22.4. The molecule has 1 N–H and O–H groups in total. The molecule has 0 spiro atoms. The smallest absolute Gasteiger partial charge is 0.264 e. The second kappa shape index (κ2) is 10.3. The second-order valence-corrected chi connectivity index (χ2v) is 10.3. The highest BCUT2D eigenvalue weighted by molar-refractivity contribution is 14.1. The molecule has 1 atom stereocenters. The molecule has 31 heavy (non-hydrogen) atoms. The van der Waals surface area contributed by atoms with Crippen molar-refractivity contribution < 1.29 is 13.2 Å². The predicted molar refractivity (Wildman–Crippen MR) is 133 cm³/mol. The van der Waals surface area contributed by atoms with Gasteiger partial charge in [0.1, 0.15) is 6.54 Å². The standard InChI is InChI=1S/C24H25IN2O3S/c1-3-19-9-11-20(12-10-19)18(2)26-24(28)17-27(22-15-13-21(25)14-16-22)31(29,30)23-7-5-4-6-8-23/h4-16,18H,3,17H2,1-2H3,(H,26,28)/t18-/m1/s1. The van der Waals surface area contributed by atoms with E-state index < -0.39 is 10.0 Å². The van der Waals surface area contributed by atoms with Gasteiger partial charge in [0.15, 0.2) is 0 Å². The number of sulfonamides is 1. The molecule has 0 aliphatic carbocycles. The van der Waals surface area contributed by atoms with Gasteiger partial charge in [-0.05, 0) is 83.5 Å². The Balaban J connectivity index is 1.84. The predicted octanol–water partition coefficient (Wildman–Crippen LogP) is 4.93. The van der Waals surface area contributed by atoms with Crippen molar-refractivity contribution in [2.45, 2.75) is 31.2 Å². The van der Waals surface area contributed by atoms with Crippen LogP contribution >= 0.6 is 22.6 Å². The van der Waals surface area contributed by atoms with Crippen LogP contribution in [0.5, 0.6) is 0 Å². The highest BCUT2D eigenvalue weighted by Gasteiger charge is 2.27. The van der Waals surface area contributed by atoms with Crippen molar-refractivity contribution in [2.24, 2.45) is 0 Å². The van der Waals surface area contributed by atoms with Gasteiger partial charge in [0, 0.05) is 3.57 Å². The van der Waals surface area contributed by atoms with Crippen molar-refractivity contribution in [3.8, 4) is 0 Å². The summed E-state index contributed by atoms with van der Waals surface area (Å²) in [4.78, 5) is 13.0. The van der Waals surface area contributed by atoms with Crippen LogP contribution in [0.2, 0.25) is 0 Å². The summed E-state index contributed by atoms with van der Waals surface area (Å²) in [5.41, 5.74) is 2.64. The topological polar surface area (TPSA) is 66.5 Å². The van der Waals surface area contributed by atoms with E-state index in [1.165, 1.54) is 17.7 Å². The van der Waals surface area contributed by atoms with Crippen LogP contribution in [0.15, 0.2) is 83.8 Å². The van der Waals surface area contributed by atoms with Gasteiger partial charge in [-0.1, -0.05) is 49.4 Å². The number of aryl methyl sites for hydroxylation is 1. The first-order valence-corrected chi connectivity index (χ1v) is 12.5. The van der Waals surface area contributed by atoms with E-state index in [1.54, 1.807) is 30.3 Å². The molecule has 7 heteroatoms. The van der Waals surface area contributed by atoms with Gasteiger partial charge in [-0.25, -0.2) is 8.42 Å². The number of hydrogen-bond acceptors (Lipinski definition) is 3. The lowest BCUT2D eigenvalue weighted by atomic mass is 10.1. The Hall–Kier alpha value is -2.39. The van der Waals surface area contributed by atoms with E-state index in [0.717, 1.165) is 19.9 Å². The molecule has 162 valence electrons. The van der Waals surface area contributed by atoms with Gasteiger partial charge in [0.2, 0.25) is 5.91 Å². The minimum Gasteiger partial charge on any atom is -0.348 e. The summed E-state index contributed by atoms with van der Waals surface area (Å²) in [6, 6.07) is 23.0. The average molecular weight is 548 g/mol. The van der Waals surface area contributed by atoms with Gasteiger partial charge < -0.3 is 5.32 Å². The van der Waals surface area contributed by atoms with Gasteiger partial charge >= 0.3 is 0 Å². The van der Waals surface area contributed by atoms with Crippen LogP contribution in [0, 0.1) is 3.57 Å². The molecular formula is C24H25IN2O3S. The summed E-state index contributed by atoms with van der Waals surface area (Å²) >= 11 is 2.16. The summed E-state index contributed by atoms with van der Waals surface area (Å²) in [6.07, 6.45) is 0.948. The van der Waals surface area contributed by atoms with E-state index in [9.17, 15) is 13.2 Å². The zero-order valence-corrected chi connectivity index (χ0v) is 20.4. The van der Waals surface area contributed by atoms with E-state index in [1.807, 2.05) is 43.3 Å². The molecule has 3 aromatic rings. The van der Waals surface area contributed by atoms with Crippen molar-refractivity contribution in [3.05, 3.63) is 93.6 Å². The molecule has 3 rings (SSSR count). The minimum absolute atomic E-state index is 0.143. The van der Waals surface area contributed by atoms with Gasteiger partial charge in [0.05, 0.1) is 16.6 Å². The summed E-state index contributed by atoms with van der Waals surface area (Å²) in [6.45, 7) is 3.67. The van der Waals surface area contributed by atoms with Gasteiger partial charge in [-0.2, -0.15) is 0 Å². The van der Waals surface area contributed by atoms with Crippen LogP contribution in [0.3, 0.4) is 0 Å². The van der Waals surface area contributed by atoms with Crippen molar-refractivity contribution in [1.29, 1.82) is 0 Å². The molecule has 0 saturated heterocycles. The maximum atomic E-state index is 13.3. The lowest BCUT2D eigenvalue weighted by Crippen LogP contribution is -2.41. The first-order valence-electron chi connectivity index (χ1n) is 10.0. The number of rotatable bonds is 8. The zero-order valence-electron chi connectivity index (χ0n) is 17.5. The fourth-order valence-electron chi connectivity index (χ4n) is 3.19. The fraction of sp³-hybridized carbons (Fsp3) is 0.208. The molecule has 0 saturated carbocycles. The molecule has 3 aromatic carbocycles. The third-order valence-corrected chi connectivity index (χ3v) is 7.51. The molecule has 0 aliphatic rings. The first kappa shape index (κ1) is 23.3. The van der Waals surface area contributed by atoms with Gasteiger partial charge in [-0.15, -0.1) is 0 Å². The molecule has 0 fully saturated rings. The lowest BCUT2D eigenvalue weighted by Gasteiger charge is -2.25. The maximum Gasteiger partial charge on any atom is 0.264 e. The van der Waals surface area contributed by atoms with Crippen molar-refractivity contribution in [2.75, 3.05) is 10.8 Å². The SMILES string of the molecule is CCc1ccc([C@@H](C)NC(=O)CN(c2ccc(I)cc2)S(=O)(=O)c2ccccc2)cc1. The van der Waals surface area contributed by atoms with Gasteiger partial charge in [0.25, 0.3) is 10.0 Å². The summed E-state index contributed by atoms with van der Waals surface area (Å²) < 4.78 is 28.8. The largest absolute Gasteiger partial charge is 0.348 e. The number of hydrogen-bond donors (Lipinski definition) is 1. The van der Waals surface area contributed by atoms with E-state index in [4.69, 9.17) is 0 Å². The molecule has 0 bridgehead atoms. The molecule has 0 unspecified atom stereocenters. The number of benzene rings is 3. The molecular weight excluding hydrogens is 523 g/mol. The normalized spacial score (nSPS) is 12.2. The minimum atomic E-state index is -3.90. The monoisotopic (exact) mass is 548 g/mol. The quantitative estimate of drug-likeness (QED) is 0.407. The molecule has 0 aromatic heterocycles. The van der Waals surface area contributed by atoms with Crippen molar-refractivity contribution >= 4 is 44.2 Å². The van der Waals surface area contributed by atoms with Crippen molar-refractivity contribution in [3.63, 3.8) is 0 Å². The number of anilines is 1. The van der Waals surface area contributed by atoms with E-state index in [-0.39, 0.29) is 23.4 Å². The first-order chi connectivity index (χ1) is 14.8. The Morgan fingerprint density at radius 3 is 2.16 bits per heavy atom. The average Bonchev–Trinajstić information content (AvgIpc) is 2.78. The number of carbonyl (C=O) groups is 1. The molecule has 5 nitrogen and oxygen atoms in total. The van der Waals surface area contributed by atoms with Gasteiger partial charge in [-0.3, -0.25) is 9.10 Å². The van der Waals surface area contributed by atoms with Crippen LogP contribution < -0.4 is 9.62 Å². The van der Waals surface area contributed by atoms with E-state index in [0.29, 0.717) is 5.69 Å². The van der Waals surface area contributed by atoms with Crippen LogP contribution in [0.1, 0.15) is 31.0 Å². The summed E-state index contributed by atoms with van der Waals surface area (Å²) in [5, 5.41) is 2.92. The number of amides is 1. The number of halogens is 1. The third kappa shape index (κ3) is 5.86. The third-order valence-electron chi connectivity index (χ3n) is 5.00. The summed E-state index contributed by atoms with van der Waals surface area (Å²) in [7, 11) is -3.90. The van der Waals surface area contributed by atoms with Crippen LogP contribution in [0.25, 0.3) is 0 Å². The fourth-order valence-corrected chi connectivity index (χ4v) is 4.99. The molecule has 0 radical (unpaired) electrons.